The van der Waals surface area contributed by atoms with Gasteiger partial charge in [0, 0.05) is 13.7 Å². The molecule has 0 aliphatic carbocycles. The van der Waals surface area contributed by atoms with E-state index in [0.717, 1.165) is 0 Å². The van der Waals surface area contributed by atoms with E-state index in [1.807, 2.05) is 41.5 Å². The highest BCUT2D eigenvalue weighted by Crippen LogP contribution is 2.11. The van der Waals surface area contributed by atoms with E-state index in [4.69, 9.17) is 33.2 Å². The van der Waals surface area contributed by atoms with Crippen LogP contribution in [-0.4, -0.2) is 94.8 Å². The van der Waals surface area contributed by atoms with Crippen molar-refractivity contribution in [1.82, 2.24) is 0 Å². The number of hydrogen-bond acceptors (Lipinski definition) is 8. The Bertz CT molecular complexity index is 380. The topological polar surface area (TPSA) is 84.8 Å². The minimum Gasteiger partial charge on any atom is -0.382 e. The molecule has 0 fully saturated rings. The van der Waals surface area contributed by atoms with Crippen LogP contribution < -0.4 is 0 Å². The summed E-state index contributed by atoms with van der Waals surface area (Å²) in [6.07, 6.45) is -0.353. The number of ether oxygens (including phenoxy) is 7. The lowest BCUT2D eigenvalue weighted by Gasteiger charge is -2.27. The Morgan fingerprint density at radius 1 is 0.655 bits per heavy atom. The fourth-order valence-corrected chi connectivity index (χ4v) is 2.29. The minimum atomic E-state index is -1.40. The van der Waals surface area contributed by atoms with E-state index in [9.17, 15) is 5.11 Å². The van der Waals surface area contributed by atoms with Crippen LogP contribution in [0, 0.1) is 0 Å². The molecule has 176 valence electrons. The standard InChI is InChI=1S/C21H44O8/c1-9-24-17(3)11-27-20(6)14-29-21(7,22)15-28-19(5)13-26-18(4)12-25-16(2)10-23-8/h16-20,22H,9-15H2,1-8H3/t16-,17-,18-,19+,20?,21+/m1/s1. The van der Waals surface area contributed by atoms with Crippen LogP contribution in [0.3, 0.4) is 0 Å². The summed E-state index contributed by atoms with van der Waals surface area (Å²) < 4.78 is 38.7. The third-order valence-corrected chi connectivity index (χ3v) is 3.96. The maximum atomic E-state index is 10.3. The quantitative estimate of drug-likeness (QED) is 0.317. The lowest BCUT2D eigenvalue weighted by Crippen LogP contribution is -2.39. The zero-order chi connectivity index (χ0) is 22.3. The first kappa shape index (κ1) is 28.7. The molecular formula is C21H44O8. The summed E-state index contributed by atoms with van der Waals surface area (Å²) in [6.45, 7) is 16.0. The SMILES string of the molecule is CCO[C@H](C)COC(C)CO[C@](C)(O)CO[C@@H](C)CO[C@H](C)CO[C@H](C)COC. The highest BCUT2D eigenvalue weighted by Gasteiger charge is 2.24. The normalized spacial score (nSPS) is 19.3. The van der Waals surface area contributed by atoms with Crippen LogP contribution in [0.4, 0.5) is 0 Å². The predicted octanol–water partition coefficient (Wildman–Crippen LogP) is 2.40. The first-order valence-electron chi connectivity index (χ1n) is 10.5. The van der Waals surface area contributed by atoms with Gasteiger partial charge in [-0.05, 0) is 48.5 Å². The third kappa shape index (κ3) is 17.1. The molecule has 29 heavy (non-hydrogen) atoms. The minimum absolute atomic E-state index is 0.0284. The Hall–Kier alpha value is -0.320. The molecule has 0 amide bonds. The molecule has 0 aromatic carbocycles. The monoisotopic (exact) mass is 424 g/mol. The van der Waals surface area contributed by atoms with Crippen molar-refractivity contribution < 1.29 is 38.3 Å². The molecule has 0 aromatic rings. The van der Waals surface area contributed by atoms with Crippen molar-refractivity contribution in [2.45, 2.75) is 84.8 Å². The van der Waals surface area contributed by atoms with Gasteiger partial charge in [0.1, 0.15) is 6.61 Å². The highest BCUT2D eigenvalue weighted by molar-refractivity contribution is 4.63. The maximum absolute atomic E-state index is 10.3. The Kier molecular flexibility index (Phi) is 16.2. The Labute approximate surface area is 177 Å². The van der Waals surface area contributed by atoms with Gasteiger partial charge in [-0.15, -0.1) is 0 Å². The Morgan fingerprint density at radius 2 is 1.07 bits per heavy atom. The van der Waals surface area contributed by atoms with E-state index >= 15 is 0 Å². The summed E-state index contributed by atoms with van der Waals surface area (Å²) in [6, 6.07) is 0. The molecule has 0 rings (SSSR count). The molecule has 0 aromatic heterocycles. The summed E-state index contributed by atoms with van der Waals surface area (Å²) in [5.41, 5.74) is 0. The second kappa shape index (κ2) is 16.4. The number of hydrogen-bond donors (Lipinski definition) is 1. The van der Waals surface area contributed by atoms with E-state index in [1.54, 1.807) is 14.0 Å². The lowest BCUT2D eigenvalue weighted by molar-refractivity contribution is -0.240. The van der Waals surface area contributed by atoms with Gasteiger partial charge in [-0.3, -0.25) is 0 Å². The third-order valence-electron chi connectivity index (χ3n) is 3.96. The van der Waals surface area contributed by atoms with Crippen LogP contribution in [0.5, 0.6) is 0 Å². The fraction of sp³-hybridized carbons (Fsp3) is 1.00. The summed E-state index contributed by atoms with van der Waals surface area (Å²) in [5, 5.41) is 10.3. The second-order valence-corrected chi connectivity index (χ2v) is 7.76. The van der Waals surface area contributed by atoms with Crippen molar-refractivity contribution in [3.63, 3.8) is 0 Å². The van der Waals surface area contributed by atoms with Gasteiger partial charge in [0.15, 0.2) is 5.79 Å². The number of methoxy groups -OCH3 is 1. The Balaban J connectivity index is 3.94. The molecule has 0 heterocycles. The molecule has 0 radical (unpaired) electrons. The molecular weight excluding hydrogens is 380 g/mol. The van der Waals surface area contributed by atoms with Gasteiger partial charge in [-0.1, -0.05) is 0 Å². The van der Waals surface area contributed by atoms with Crippen molar-refractivity contribution >= 4 is 0 Å². The van der Waals surface area contributed by atoms with Crippen LogP contribution in [-0.2, 0) is 33.2 Å². The molecule has 0 aliphatic heterocycles. The molecule has 8 nitrogen and oxygen atoms in total. The summed E-state index contributed by atoms with van der Waals surface area (Å²) >= 11 is 0. The van der Waals surface area contributed by atoms with Crippen molar-refractivity contribution in [1.29, 1.82) is 0 Å². The zero-order valence-electron chi connectivity index (χ0n) is 19.6. The second-order valence-electron chi connectivity index (χ2n) is 7.76. The van der Waals surface area contributed by atoms with Crippen LogP contribution in [0.1, 0.15) is 48.5 Å². The molecule has 0 spiro atoms. The zero-order valence-corrected chi connectivity index (χ0v) is 19.6. The maximum Gasteiger partial charge on any atom is 0.186 e. The van der Waals surface area contributed by atoms with Crippen LogP contribution in [0.25, 0.3) is 0 Å². The van der Waals surface area contributed by atoms with E-state index in [1.165, 1.54) is 0 Å². The first-order chi connectivity index (χ1) is 13.6. The predicted molar refractivity (Wildman–Crippen MR) is 111 cm³/mol. The van der Waals surface area contributed by atoms with Crippen molar-refractivity contribution in [3.8, 4) is 0 Å². The van der Waals surface area contributed by atoms with Gasteiger partial charge >= 0.3 is 0 Å². The largest absolute Gasteiger partial charge is 0.382 e. The lowest BCUT2D eigenvalue weighted by atomic mass is 10.3. The average Bonchev–Trinajstić information content (AvgIpc) is 2.66. The molecule has 1 unspecified atom stereocenters. The molecule has 0 aliphatic rings. The summed E-state index contributed by atoms with van der Waals surface area (Å²) in [5.74, 6) is -1.40. The van der Waals surface area contributed by atoms with E-state index in [2.05, 4.69) is 0 Å². The molecule has 0 saturated heterocycles. The summed E-state index contributed by atoms with van der Waals surface area (Å²) in [7, 11) is 1.65. The van der Waals surface area contributed by atoms with E-state index < -0.39 is 5.79 Å². The Morgan fingerprint density at radius 3 is 1.55 bits per heavy atom. The molecule has 0 saturated carbocycles. The molecule has 1 N–H and O–H groups in total. The number of aliphatic hydroxyl groups is 1. The first-order valence-corrected chi connectivity index (χ1v) is 10.5. The fourth-order valence-electron chi connectivity index (χ4n) is 2.29. The number of rotatable bonds is 19. The van der Waals surface area contributed by atoms with E-state index in [-0.39, 0.29) is 43.7 Å². The van der Waals surface area contributed by atoms with Crippen molar-refractivity contribution in [3.05, 3.63) is 0 Å². The van der Waals surface area contributed by atoms with Crippen molar-refractivity contribution in [2.75, 3.05) is 53.4 Å². The van der Waals surface area contributed by atoms with Gasteiger partial charge < -0.3 is 38.3 Å². The van der Waals surface area contributed by atoms with Gasteiger partial charge in [0.05, 0.1) is 63.6 Å². The molecule has 6 atom stereocenters. The summed E-state index contributed by atoms with van der Waals surface area (Å²) in [4.78, 5) is 0. The molecule has 0 bridgehead atoms. The average molecular weight is 425 g/mol. The molecule has 8 heteroatoms. The van der Waals surface area contributed by atoms with Crippen LogP contribution in [0.2, 0.25) is 0 Å². The van der Waals surface area contributed by atoms with Gasteiger partial charge in [0.25, 0.3) is 0 Å². The highest BCUT2D eigenvalue weighted by atomic mass is 16.7. The van der Waals surface area contributed by atoms with Gasteiger partial charge in [-0.25, -0.2) is 0 Å². The van der Waals surface area contributed by atoms with Crippen molar-refractivity contribution in [2.24, 2.45) is 0 Å². The van der Waals surface area contributed by atoms with Crippen LogP contribution in [0.15, 0.2) is 0 Å². The van der Waals surface area contributed by atoms with Gasteiger partial charge in [0.2, 0.25) is 0 Å². The van der Waals surface area contributed by atoms with Crippen LogP contribution >= 0.6 is 0 Å². The smallest absolute Gasteiger partial charge is 0.186 e. The van der Waals surface area contributed by atoms with E-state index in [0.29, 0.717) is 33.0 Å². The van der Waals surface area contributed by atoms with Gasteiger partial charge in [-0.2, -0.15) is 0 Å².